The molecule has 0 bridgehead atoms. The molecule has 0 fully saturated rings. The van der Waals surface area contributed by atoms with E-state index < -0.39 is 6.36 Å². The number of hydrogen-bond donors (Lipinski definition) is 4. The highest BCUT2D eigenvalue weighted by Crippen LogP contribution is 2.23. The summed E-state index contributed by atoms with van der Waals surface area (Å²) >= 11 is 4.96. The molecule has 0 atom stereocenters. The number of amides is 1. The molecular weight excluding hydrogens is 333 g/mol. The molecule has 1 aromatic rings. The Morgan fingerprint density at radius 2 is 1.83 bits per heavy atom. The number of halogens is 3. The van der Waals surface area contributed by atoms with E-state index in [1.165, 1.54) is 12.1 Å². The summed E-state index contributed by atoms with van der Waals surface area (Å²) in [5, 5.41) is 2.83. The first kappa shape index (κ1) is 19.0. The van der Waals surface area contributed by atoms with Crippen molar-refractivity contribution in [2.24, 2.45) is 0 Å². The van der Waals surface area contributed by atoms with Gasteiger partial charge in [0.15, 0.2) is 5.11 Å². The molecule has 0 aliphatic heterocycles. The Hall–Kier alpha value is -2.07. The number of carbonyl (C=O) groups excluding carboxylic acids is 1. The number of benzene rings is 1. The van der Waals surface area contributed by atoms with Crippen LogP contribution in [0.5, 0.6) is 5.75 Å². The van der Waals surface area contributed by atoms with Gasteiger partial charge in [0, 0.05) is 5.69 Å². The highest BCUT2D eigenvalue weighted by Gasteiger charge is 2.30. The molecule has 0 radical (unpaired) electrons. The molecule has 1 rings (SSSR count). The van der Waals surface area contributed by atoms with Crippen LogP contribution in [0.4, 0.5) is 18.9 Å². The van der Waals surface area contributed by atoms with Crippen LogP contribution in [0.2, 0.25) is 0 Å². The van der Waals surface area contributed by atoms with E-state index in [0.717, 1.165) is 17.0 Å². The highest BCUT2D eigenvalue weighted by atomic mass is 32.1. The number of rotatable bonds is 5. The van der Waals surface area contributed by atoms with Crippen molar-refractivity contribution in [2.75, 3.05) is 26.0 Å². The van der Waals surface area contributed by atoms with E-state index in [2.05, 4.69) is 20.9 Å². The summed E-state index contributed by atoms with van der Waals surface area (Å²) in [5.74, 6) is -0.550. The first-order valence-electron chi connectivity index (χ1n) is 6.66. The Balaban J connectivity index is 2.38. The smallest absolute Gasteiger partial charge is 0.406 e. The quantitative estimate of drug-likeness (QED) is 0.458. The number of thiocarbonyl (C=S) groups is 1. The van der Waals surface area contributed by atoms with Gasteiger partial charge in [0.25, 0.3) is 0 Å². The molecule has 4 N–H and O–H groups in total. The number of alkyl halides is 3. The molecule has 0 heterocycles. The van der Waals surface area contributed by atoms with E-state index in [9.17, 15) is 18.0 Å². The van der Waals surface area contributed by atoms with Crippen molar-refractivity contribution in [2.45, 2.75) is 12.8 Å². The summed E-state index contributed by atoms with van der Waals surface area (Å²) in [6.45, 7) is 0.675. The third kappa shape index (κ3) is 8.83. The van der Waals surface area contributed by atoms with Crippen LogP contribution >= 0.6 is 12.2 Å². The monoisotopic (exact) mass is 351 g/mol. The van der Waals surface area contributed by atoms with Crippen LogP contribution < -0.4 is 25.8 Å². The lowest BCUT2D eigenvalue weighted by Crippen LogP contribution is -3.05. The second-order valence-corrected chi connectivity index (χ2v) is 5.31. The Morgan fingerprint density at radius 1 is 1.22 bits per heavy atom. The number of quaternary nitrogens is 1. The predicted octanol–water partition coefficient (Wildman–Crippen LogP) is 0.437. The van der Waals surface area contributed by atoms with Gasteiger partial charge in [-0.1, -0.05) is 0 Å². The van der Waals surface area contributed by atoms with Crippen LogP contribution in [0.3, 0.4) is 0 Å². The van der Waals surface area contributed by atoms with Crippen molar-refractivity contribution in [3.8, 4) is 5.75 Å². The Labute approximate surface area is 136 Å². The van der Waals surface area contributed by atoms with Crippen molar-refractivity contribution >= 4 is 28.9 Å². The van der Waals surface area contributed by atoms with Gasteiger partial charge >= 0.3 is 6.36 Å². The third-order valence-corrected chi connectivity index (χ3v) is 2.72. The molecule has 6 nitrogen and oxygen atoms in total. The van der Waals surface area contributed by atoms with Crippen LogP contribution in [0.25, 0.3) is 0 Å². The Morgan fingerprint density at radius 3 is 2.35 bits per heavy atom. The standard InChI is InChI=1S/C13H17F3N4O2S/c1-20(2)8-7-11(21)18-19-12(23)17-9-3-5-10(6-4-9)22-13(14,15)16/h3-6H,7-8H2,1-2H3,(H,18,21)(H2,17,19,23)/p+1. The maximum atomic E-state index is 12.0. The zero-order chi connectivity index (χ0) is 17.5. The van der Waals surface area contributed by atoms with E-state index in [1.807, 2.05) is 14.1 Å². The number of carbonyl (C=O) groups is 1. The molecule has 23 heavy (non-hydrogen) atoms. The van der Waals surface area contributed by atoms with Gasteiger partial charge < -0.3 is 15.0 Å². The number of hydrazine groups is 1. The predicted molar refractivity (Wildman–Crippen MR) is 82.9 cm³/mol. The Kier molecular flexibility index (Phi) is 7.04. The minimum absolute atomic E-state index is 0.111. The zero-order valence-corrected chi connectivity index (χ0v) is 13.4. The molecule has 1 amide bonds. The van der Waals surface area contributed by atoms with Crippen LogP contribution in [0.1, 0.15) is 6.42 Å². The summed E-state index contributed by atoms with van der Waals surface area (Å²) in [6.07, 6.45) is -4.40. The van der Waals surface area contributed by atoms with Gasteiger partial charge in [-0.15, -0.1) is 13.2 Å². The minimum Gasteiger partial charge on any atom is -0.406 e. The fourth-order valence-electron chi connectivity index (χ4n) is 1.45. The minimum atomic E-state index is -4.73. The molecule has 0 aliphatic carbocycles. The molecule has 0 unspecified atom stereocenters. The summed E-state index contributed by atoms with van der Waals surface area (Å²) < 4.78 is 39.8. The van der Waals surface area contributed by atoms with Gasteiger partial charge in [-0.3, -0.25) is 15.6 Å². The topological polar surface area (TPSA) is 66.8 Å². The average Bonchev–Trinajstić information content (AvgIpc) is 2.43. The van der Waals surface area contributed by atoms with Gasteiger partial charge in [0.2, 0.25) is 5.91 Å². The van der Waals surface area contributed by atoms with E-state index in [0.29, 0.717) is 18.7 Å². The van der Waals surface area contributed by atoms with Crippen molar-refractivity contribution < 1.29 is 27.6 Å². The summed E-state index contributed by atoms with van der Waals surface area (Å²) in [5.41, 5.74) is 5.38. The lowest BCUT2D eigenvalue weighted by atomic mass is 10.3. The van der Waals surface area contributed by atoms with Gasteiger partial charge in [-0.25, -0.2) is 0 Å². The van der Waals surface area contributed by atoms with E-state index in [-0.39, 0.29) is 16.8 Å². The second-order valence-electron chi connectivity index (χ2n) is 4.91. The zero-order valence-electron chi connectivity index (χ0n) is 12.6. The van der Waals surface area contributed by atoms with Crippen LogP contribution in [0, 0.1) is 0 Å². The molecule has 0 saturated heterocycles. The lowest BCUT2D eigenvalue weighted by Gasteiger charge is -2.13. The number of hydrogen-bond acceptors (Lipinski definition) is 3. The van der Waals surface area contributed by atoms with Crippen LogP contribution in [-0.2, 0) is 4.79 Å². The number of ether oxygens (including phenoxy) is 1. The first-order chi connectivity index (χ1) is 10.7. The average molecular weight is 351 g/mol. The van der Waals surface area contributed by atoms with Crippen LogP contribution in [-0.4, -0.2) is 38.0 Å². The molecule has 128 valence electrons. The number of nitrogens with one attached hydrogen (secondary N) is 4. The molecule has 0 saturated carbocycles. The maximum Gasteiger partial charge on any atom is 0.573 e. The largest absolute Gasteiger partial charge is 0.573 e. The van der Waals surface area contributed by atoms with Gasteiger partial charge in [0.1, 0.15) is 5.75 Å². The molecule has 0 aliphatic rings. The SMILES string of the molecule is C[NH+](C)CCC(=O)NNC(=S)Nc1ccc(OC(F)(F)F)cc1. The number of anilines is 1. The summed E-state index contributed by atoms with van der Waals surface area (Å²) in [7, 11) is 3.86. The second kappa shape index (κ2) is 8.53. The van der Waals surface area contributed by atoms with Crippen molar-refractivity contribution in [1.29, 1.82) is 0 Å². The summed E-state index contributed by atoms with van der Waals surface area (Å²) in [6, 6.07) is 5.03. The van der Waals surface area contributed by atoms with E-state index in [4.69, 9.17) is 12.2 Å². The van der Waals surface area contributed by atoms with Crippen molar-refractivity contribution in [3.63, 3.8) is 0 Å². The van der Waals surface area contributed by atoms with Gasteiger partial charge in [0.05, 0.1) is 27.1 Å². The van der Waals surface area contributed by atoms with Gasteiger partial charge in [-0.05, 0) is 36.5 Å². The molecule has 1 aromatic carbocycles. The molecular formula is C13H18F3N4O2S+. The van der Waals surface area contributed by atoms with Gasteiger partial charge in [-0.2, -0.15) is 0 Å². The maximum absolute atomic E-state index is 12.0. The Bertz CT molecular complexity index is 535. The first-order valence-corrected chi connectivity index (χ1v) is 7.07. The third-order valence-electron chi connectivity index (χ3n) is 2.51. The van der Waals surface area contributed by atoms with E-state index in [1.54, 1.807) is 0 Å². The normalized spacial score (nSPS) is 11.0. The highest BCUT2D eigenvalue weighted by molar-refractivity contribution is 7.80. The van der Waals surface area contributed by atoms with Crippen molar-refractivity contribution in [1.82, 2.24) is 10.9 Å². The lowest BCUT2D eigenvalue weighted by molar-refractivity contribution is -0.857. The van der Waals surface area contributed by atoms with Crippen molar-refractivity contribution in [3.05, 3.63) is 24.3 Å². The molecule has 0 spiro atoms. The fraction of sp³-hybridized carbons (Fsp3) is 0.385. The molecule has 0 aromatic heterocycles. The van der Waals surface area contributed by atoms with E-state index >= 15 is 0 Å². The summed E-state index contributed by atoms with van der Waals surface area (Å²) in [4.78, 5) is 12.6. The van der Waals surface area contributed by atoms with Crippen LogP contribution in [0.15, 0.2) is 24.3 Å². The molecule has 10 heteroatoms. The fourth-order valence-corrected chi connectivity index (χ4v) is 1.62.